The fourth-order valence-corrected chi connectivity index (χ4v) is 2.44. The van der Waals surface area contributed by atoms with Crippen LogP contribution in [0.3, 0.4) is 0 Å². The van der Waals surface area contributed by atoms with Gasteiger partial charge in [0.15, 0.2) is 0 Å². The number of hydrogen-bond acceptors (Lipinski definition) is 6. The summed E-state index contributed by atoms with van der Waals surface area (Å²) in [5, 5.41) is 11.3. The van der Waals surface area contributed by atoms with Crippen molar-refractivity contribution in [3.8, 4) is 34.2 Å². The number of nitrogens with one attached hydrogen (secondary N) is 1. The largest absolute Gasteiger partial charge is 0.363 e. The molecule has 3 heterocycles. The minimum absolute atomic E-state index is 0.396. The molecule has 0 aliphatic carbocycles. The lowest BCUT2D eigenvalue weighted by atomic mass is 10.1. The highest BCUT2D eigenvalue weighted by Gasteiger charge is 2.14. The highest BCUT2D eigenvalue weighted by molar-refractivity contribution is 5.66. The molecule has 0 unspecified atom stereocenters. The molecule has 0 aliphatic heterocycles. The summed E-state index contributed by atoms with van der Waals surface area (Å²) in [6, 6.07) is 15.6. The summed E-state index contributed by atoms with van der Waals surface area (Å²) >= 11 is 0. The number of aromatic nitrogens is 5. The van der Waals surface area contributed by atoms with Crippen LogP contribution in [0.15, 0.2) is 59.3 Å². The van der Waals surface area contributed by atoms with Gasteiger partial charge in [0, 0.05) is 31.4 Å². The molecule has 4 rings (SSSR count). The first-order valence-corrected chi connectivity index (χ1v) is 7.79. The fourth-order valence-electron chi connectivity index (χ4n) is 2.44. The van der Waals surface area contributed by atoms with Crippen LogP contribution in [0.1, 0.15) is 0 Å². The molecular formula is C18H16N6O. The first kappa shape index (κ1) is 15.1. The molecule has 0 saturated heterocycles. The number of pyridine rings is 1. The standard InChI is InChI=1S/C18H16N6O/c1-24(2)16-10-13(8-9-19-16)17-20-18(25-23-17)15-11-14(21-22-15)12-6-4-3-5-7-12/h3-11H,1-2H3,(H,21,22). The van der Waals surface area contributed by atoms with Crippen LogP contribution >= 0.6 is 0 Å². The van der Waals surface area contributed by atoms with E-state index in [0.29, 0.717) is 17.4 Å². The zero-order valence-corrected chi connectivity index (χ0v) is 13.8. The second-order valence-corrected chi connectivity index (χ2v) is 5.75. The lowest BCUT2D eigenvalue weighted by Gasteiger charge is -2.10. The first-order chi connectivity index (χ1) is 12.2. The van der Waals surface area contributed by atoms with Crippen LogP contribution in [0, 0.1) is 0 Å². The Morgan fingerprint density at radius 1 is 1.00 bits per heavy atom. The molecule has 0 aliphatic rings. The minimum atomic E-state index is 0.396. The number of rotatable bonds is 4. The highest BCUT2D eigenvalue weighted by Crippen LogP contribution is 2.25. The van der Waals surface area contributed by atoms with Crippen LogP contribution in [0.4, 0.5) is 5.82 Å². The van der Waals surface area contributed by atoms with Crippen LogP contribution in [-0.4, -0.2) is 39.4 Å². The second-order valence-electron chi connectivity index (χ2n) is 5.75. The van der Waals surface area contributed by atoms with Gasteiger partial charge >= 0.3 is 0 Å². The molecule has 0 spiro atoms. The van der Waals surface area contributed by atoms with Crippen molar-refractivity contribution in [2.24, 2.45) is 0 Å². The van der Waals surface area contributed by atoms with Gasteiger partial charge < -0.3 is 9.42 Å². The zero-order valence-electron chi connectivity index (χ0n) is 13.8. The van der Waals surface area contributed by atoms with Gasteiger partial charge in [-0.3, -0.25) is 5.10 Å². The maximum absolute atomic E-state index is 5.39. The normalized spacial score (nSPS) is 10.8. The molecule has 0 amide bonds. The third-order valence-corrected chi connectivity index (χ3v) is 3.77. The van der Waals surface area contributed by atoms with Crippen molar-refractivity contribution in [1.29, 1.82) is 0 Å². The molecule has 7 nitrogen and oxygen atoms in total. The van der Waals surface area contributed by atoms with Crippen molar-refractivity contribution < 1.29 is 4.52 Å². The van der Waals surface area contributed by atoms with Gasteiger partial charge in [-0.1, -0.05) is 35.5 Å². The maximum Gasteiger partial charge on any atom is 0.276 e. The second kappa shape index (κ2) is 6.20. The van der Waals surface area contributed by atoms with Gasteiger partial charge in [-0.2, -0.15) is 10.1 Å². The predicted molar refractivity (Wildman–Crippen MR) is 94.9 cm³/mol. The van der Waals surface area contributed by atoms with E-state index in [9.17, 15) is 0 Å². The lowest BCUT2D eigenvalue weighted by molar-refractivity contribution is 0.431. The van der Waals surface area contributed by atoms with Gasteiger partial charge in [-0.25, -0.2) is 4.98 Å². The highest BCUT2D eigenvalue weighted by atomic mass is 16.5. The van der Waals surface area contributed by atoms with E-state index in [2.05, 4.69) is 25.3 Å². The predicted octanol–water partition coefficient (Wildman–Crippen LogP) is 3.25. The topological polar surface area (TPSA) is 83.7 Å². The van der Waals surface area contributed by atoms with Gasteiger partial charge in [-0.15, -0.1) is 0 Å². The summed E-state index contributed by atoms with van der Waals surface area (Å²) in [6.45, 7) is 0. The molecule has 0 atom stereocenters. The molecule has 4 aromatic rings. The molecule has 3 aromatic heterocycles. The quantitative estimate of drug-likeness (QED) is 0.617. The molecular weight excluding hydrogens is 316 g/mol. The van der Waals surface area contributed by atoms with E-state index in [1.807, 2.05) is 67.5 Å². The van der Waals surface area contributed by atoms with Gasteiger partial charge in [0.1, 0.15) is 11.5 Å². The van der Waals surface area contributed by atoms with Crippen LogP contribution < -0.4 is 4.90 Å². The Morgan fingerprint density at radius 3 is 2.64 bits per heavy atom. The Hall–Kier alpha value is -3.48. The Labute approximate surface area is 144 Å². The van der Waals surface area contributed by atoms with E-state index >= 15 is 0 Å². The first-order valence-electron chi connectivity index (χ1n) is 7.79. The van der Waals surface area contributed by atoms with E-state index in [1.165, 1.54) is 0 Å². The van der Waals surface area contributed by atoms with E-state index in [4.69, 9.17) is 4.52 Å². The van der Waals surface area contributed by atoms with Crippen molar-refractivity contribution in [1.82, 2.24) is 25.3 Å². The van der Waals surface area contributed by atoms with E-state index in [-0.39, 0.29) is 0 Å². The van der Waals surface area contributed by atoms with Crippen LogP contribution in [0.25, 0.3) is 34.2 Å². The average Bonchev–Trinajstić information content (AvgIpc) is 3.32. The van der Waals surface area contributed by atoms with E-state index in [0.717, 1.165) is 22.6 Å². The SMILES string of the molecule is CN(C)c1cc(-c2noc(-c3cc(-c4ccccc4)n[nH]3)n2)ccn1. The molecule has 0 bridgehead atoms. The smallest absolute Gasteiger partial charge is 0.276 e. The Morgan fingerprint density at radius 2 is 1.84 bits per heavy atom. The third-order valence-electron chi connectivity index (χ3n) is 3.77. The number of benzene rings is 1. The third kappa shape index (κ3) is 2.99. The number of anilines is 1. The monoisotopic (exact) mass is 332 g/mol. The van der Waals surface area contributed by atoms with Gasteiger partial charge in [-0.05, 0) is 18.2 Å². The van der Waals surface area contributed by atoms with E-state index in [1.54, 1.807) is 6.20 Å². The number of aromatic amines is 1. The van der Waals surface area contributed by atoms with E-state index < -0.39 is 0 Å². The van der Waals surface area contributed by atoms with Crippen molar-refractivity contribution in [2.45, 2.75) is 0 Å². The minimum Gasteiger partial charge on any atom is -0.363 e. The molecule has 7 heteroatoms. The number of hydrogen-bond donors (Lipinski definition) is 1. The van der Waals surface area contributed by atoms with Crippen molar-refractivity contribution in [3.05, 3.63) is 54.7 Å². The molecule has 0 fully saturated rings. The Kier molecular flexibility index (Phi) is 3.74. The van der Waals surface area contributed by atoms with Gasteiger partial charge in [0.05, 0.1) is 5.69 Å². The fraction of sp³-hybridized carbons (Fsp3) is 0.111. The molecule has 25 heavy (non-hydrogen) atoms. The van der Waals surface area contributed by atoms with Crippen molar-refractivity contribution in [2.75, 3.05) is 19.0 Å². The van der Waals surface area contributed by atoms with Crippen LogP contribution in [0.2, 0.25) is 0 Å². The summed E-state index contributed by atoms with van der Waals surface area (Å²) in [5.41, 5.74) is 3.37. The molecule has 1 aromatic carbocycles. The summed E-state index contributed by atoms with van der Waals surface area (Å²) in [5.74, 6) is 1.74. The maximum atomic E-state index is 5.39. The molecule has 124 valence electrons. The number of nitrogens with zero attached hydrogens (tertiary/aromatic N) is 5. The molecule has 1 N–H and O–H groups in total. The summed E-state index contributed by atoms with van der Waals surface area (Å²) < 4.78 is 5.39. The summed E-state index contributed by atoms with van der Waals surface area (Å²) in [6.07, 6.45) is 1.73. The Bertz CT molecular complexity index is 989. The van der Waals surface area contributed by atoms with Crippen LogP contribution in [0.5, 0.6) is 0 Å². The molecule has 0 saturated carbocycles. The Balaban J connectivity index is 1.64. The van der Waals surface area contributed by atoms with Crippen LogP contribution in [-0.2, 0) is 0 Å². The van der Waals surface area contributed by atoms with Gasteiger partial charge in [0.25, 0.3) is 5.89 Å². The summed E-state index contributed by atoms with van der Waals surface area (Å²) in [7, 11) is 3.87. The zero-order chi connectivity index (χ0) is 17.2. The van der Waals surface area contributed by atoms with Crippen molar-refractivity contribution in [3.63, 3.8) is 0 Å². The molecule has 0 radical (unpaired) electrons. The number of H-pyrrole nitrogens is 1. The van der Waals surface area contributed by atoms with Crippen molar-refractivity contribution >= 4 is 5.82 Å². The lowest BCUT2D eigenvalue weighted by Crippen LogP contribution is -2.10. The summed E-state index contributed by atoms with van der Waals surface area (Å²) in [4.78, 5) is 10.7. The van der Waals surface area contributed by atoms with Gasteiger partial charge in [0.2, 0.25) is 5.82 Å². The average molecular weight is 332 g/mol.